The van der Waals surface area contributed by atoms with E-state index in [1.165, 1.54) is 24.3 Å². The molecular weight excluding hydrogens is 294 g/mol. The predicted molar refractivity (Wildman–Crippen MR) is 84.2 cm³/mol. The van der Waals surface area contributed by atoms with Crippen molar-refractivity contribution in [3.63, 3.8) is 0 Å². The Labute approximate surface area is 129 Å². The Bertz CT molecular complexity index is 463. The van der Waals surface area contributed by atoms with Gasteiger partial charge in [-0.3, -0.25) is 0 Å². The molecule has 20 heavy (non-hydrogen) atoms. The van der Waals surface area contributed by atoms with Gasteiger partial charge in [0.25, 0.3) is 0 Å². The first-order valence-corrected chi connectivity index (χ1v) is 8.75. The van der Waals surface area contributed by atoms with Crippen molar-refractivity contribution in [1.82, 2.24) is 5.32 Å². The lowest BCUT2D eigenvalue weighted by atomic mass is 10.1. The number of benzene rings is 1. The first kappa shape index (κ1) is 14.4. The fourth-order valence-electron chi connectivity index (χ4n) is 2.55. The molecule has 0 radical (unpaired) electrons. The van der Waals surface area contributed by atoms with Crippen molar-refractivity contribution in [1.29, 1.82) is 0 Å². The number of ether oxygens (including phenoxy) is 2. The summed E-state index contributed by atoms with van der Waals surface area (Å²) >= 11 is 8.34. The lowest BCUT2D eigenvalue weighted by molar-refractivity contribution is 0.297. The Balaban J connectivity index is 1.67. The summed E-state index contributed by atoms with van der Waals surface area (Å²) in [6.45, 7) is 2.20. The molecule has 1 N–H and O–H groups in total. The average molecular weight is 314 g/mol. The first-order valence-electron chi connectivity index (χ1n) is 7.22. The Morgan fingerprint density at radius 3 is 3.00 bits per heavy atom. The number of thioether (sulfide) groups is 1. The Kier molecular flexibility index (Phi) is 4.97. The number of nitrogens with one attached hydrogen (secondary N) is 1. The second-order valence-electron chi connectivity index (χ2n) is 5.25. The maximum Gasteiger partial charge on any atom is 0.179 e. The van der Waals surface area contributed by atoms with Crippen LogP contribution in [-0.4, -0.2) is 30.8 Å². The Hall–Kier alpha value is -0.580. The van der Waals surface area contributed by atoms with E-state index in [2.05, 4.69) is 11.4 Å². The highest BCUT2D eigenvalue weighted by molar-refractivity contribution is 7.99. The Morgan fingerprint density at radius 1 is 1.25 bits per heavy atom. The van der Waals surface area contributed by atoms with Crippen LogP contribution in [0.3, 0.4) is 0 Å². The molecule has 0 aromatic heterocycles. The summed E-state index contributed by atoms with van der Waals surface area (Å²) in [4.78, 5) is 0. The third-order valence-corrected chi connectivity index (χ3v) is 5.11. The van der Waals surface area contributed by atoms with Gasteiger partial charge in [-0.25, -0.2) is 0 Å². The van der Waals surface area contributed by atoms with Gasteiger partial charge in [0.05, 0.1) is 18.2 Å². The van der Waals surface area contributed by atoms with Crippen LogP contribution in [0.4, 0.5) is 0 Å². The number of hydrogen-bond acceptors (Lipinski definition) is 4. The molecule has 1 aromatic rings. The van der Waals surface area contributed by atoms with E-state index in [0.717, 1.165) is 24.3 Å². The third-order valence-electron chi connectivity index (χ3n) is 3.62. The number of halogens is 1. The van der Waals surface area contributed by atoms with E-state index >= 15 is 0 Å². The minimum Gasteiger partial charge on any atom is -0.489 e. The summed E-state index contributed by atoms with van der Waals surface area (Å²) in [7, 11) is 0. The largest absolute Gasteiger partial charge is 0.489 e. The quantitative estimate of drug-likeness (QED) is 0.925. The molecule has 1 unspecified atom stereocenters. The first-order chi connectivity index (χ1) is 9.83. The molecule has 110 valence electrons. The second-order valence-corrected chi connectivity index (χ2v) is 6.81. The molecular formula is C15H20ClNO2S. The molecule has 1 saturated heterocycles. The van der Waals surface area contributed by atoms with Crippen molar-refractivity contribution in [3.8, 4) is 11.5 Å². The monoisotopic (exact) mass is 313 g/mol. The molecule has 0 amide bonds. The molecule has 2 aliphatic rings. The molecule has 5 heteroatoms. The Morgan fingerprint density at radius 2 is 2.15 bits per heavy atom. The SMILES string of the molecule is Clc1cc(CNC2CCCSC2)cc2c1OCCCO2. The van der Waals surface area contributed by atoms with E-state index in [9.17, 15) is 0 Å². The molecule has 3 nitrogen and oxygen atoms in total. The minimum absolute atomic E-state index is 0.614. The molecule has 2 heterocycles. The molecule has 1 fully saturated rings. The van der Waals surface area contributed by atoms with Gasteiger partial charge in [0.1, 0.15) is 0 Å². The molecule has 3 rings (SSSR count). The standard InChI is InChI=1S/C15H20ClNO2S/c16-13-7-11(9-17-12-3-1-6-20-10-12)8-14-15(13)19-5-2-4-18-14/h7-8,12,17H,1-6,9-10H2. The van der Waals surface area contributed by atoms with E-state index in [1.807, 2.05) is 17.8 Å². The lowest BCUT2D eigenvalue weighted by Gasteiger charge is -2.22. The zero-order valence-corrected chi connectivity index (χ0v) is 13.1. The predicted octanol–water partition coefficient (Wildman–Crippen LogP) is 3.49. The van der Waals surface area contributed by atoms with Crippen molar-refractivity contribution < 1.29 is 9.47 Å². The van der Waals surface area contributed by atoms with Gasteiger partial charge in [-0.2, -0.15) is 11.8 Å². The zero-order chi connectivity index (χ0) is 13.8. The molecule has 0 saturated carbocycles. The van der Waals surface area contributed by atoms with Crippen molar-refractivity contribution in [3.05, 3.63) is 22.7 Å². The summed E-state index contributed by atoms with van der Waals surface area (Å²) in [5, 5.41) is 4.26. The molecule has 1 aromatic carbocycles. The lowest BCUT2D eigenvalue weighted by Crippen LogP contribution is -2.33. The minimum atomic E-state index is 0.614. The van der Waals surface area contributed by atoms with Gasteiger partial charge in [0.15, 0.2) is 11.5 Å². The fourth-order valence-corrected chi connectivity index (χ4v) is 3.94. The number of fused-ring (bicyclic) bond motifs is 1. The maximum atomic E-state index is 6.30. The van der Waals surface area contributed by atoms with E-state index in [0.29, 0.717) is 30.0 Å². The van der Waals surface area contributed by atoms with Crippen LogP contribution in [0.25, 0.3) is 0 Å². The second kappa shape index (κ2) is 6.92. The van der Waals surface area contributed by atoms with Crippen LogP contribution in [0.2, 0.25) is 5.02 Å². The van der Waals surface area contributed by atoms with Crippen molar-refractivity contribution in [2.75, 3.05) is 24.7 Å². The van der Waals surface area contributed by atoms with Crippen LogP contribution in [0.1, 0.15) is 24.8 Å². The van der Waals surface area contributed by atoms with Crippen LogP contribution in [-0.2, 0) is 6.54 Å². The zero-order valence-electron chi connectivity index (χ0n) is 11.5. The average Bonchev–Trinajstić information content (AvgIpc) is 2.72. The van der Waals surface area contributed by atoms with Gasteiger partial charge < -0.3 is 14.8 Å². The summed E-state index contributed by atoms with van der Waals surface area (Å²) in [5.74, 6) is 3.98. The topological polar surface area (TPSA) is 30.5 Å². The highest BCUT2D eigenvalue weighted by Gasteiger charge is 2.17. The summed E-state index contributed by atoms with van der Waals surface area (Å²) in [6, 6.07) is 4.65. The van der Waals surface area contributed by atoms with Gasteiger partial charge >= 0.3 is 0 Å². The third kappa shape index (κ3) is 3.54. The smallest absolute Gasteiger partial charge is 0.179 e. The van der Waals surface area contributed by atoms with Crippen LogP contribution < -0.4 is 14.8 Å². The normalized spacial score (nSPS) is 22.4. The molecule has 0 aliphatic carbocycles. The summed E-state index contributed by atoms with van der Waals surface area (Å²) in [5.41, 5.74) is 1.16. The molecule has 1 atom stereocenters. The van der Waals surface area contributed by atoms with Gasteiger partial charge in [-0.1, -0.05) is 11.6 Å². The van der Waals surface area contributed by atoms with Crippen molar-refractivity contribution >= 4 is 23.4 Å². The van der Waals surface area contributed by atoms with E-state index in [-0.39, 0.29) is 0 Å². The van der Waals surface area contributed by atoms with E-state index < -0.39 is 0 Å². The van der Waals surface area contributed by atoms with Crippen LogP contribution in [0.15, 0.2) is 12.1 Å². The summed E-state index contributed by atoms with van der Waals surface area (Å²) < 4.78 is 11.4. The summed E-state index contributed by atoms with van der Waals surface area (Å²) in [6.07, 6.45) is 3.48. The van der Waals surface area contributed by atoms with Gasteiger partial charge in [0.2, 0.25) is 0 Å². The fraction of sp³-hybridized carbons (Fsp3) is 0.600. The number of rotatable bonds is 3. The molecule has 0 bridgehead atoms. The molecule has 2 aliphatic heterocycles. The van der Waals surface area contributed by atoms with Gasteiger partial charge in [-0.15, -0.1) is 0 Å². The van der Waals surface area contributed by atoms with E-state index in [4.69, 9.17) is 21.1 Å². The highest BCUT2D eigenvalue weighted by atomic mass is 35.5. The van der Waals surface area contributed by atoms with Crippen LogP contribution in [0.5, 0.6) is 11.5 Å². The van der Waals surface area contributed by atoms with E-state index in [1.54, 1.807) is 0 Å². The number of hydrogen-bond donors (Lipinski definition) is 1. The highest BCUT2D eigenvalue weighted by Crippen LogP contribution is 2.38. The van der Waals surface area contributed by atoms with Gasteiger partial charge in [-0.05, 0) is 36.3 Å². The van der Waals surface area contributed by atoms with Crippen molar-refractivity contribution in [2.45, 2.75) is 31.8 Å². The molecule has 0 spiro atoms. The van der Waals surface area contributed by atoms with Gasteiger partial charge in [0, 0.05) is 24.8 Å². The van der Waals surface area contributed by atoms with Crippen molar-refractivity contribution in [2.24, 2.45) is 0 Å². The van der Waals surface area contributed by atoms with Crippen LogP contribution >= 0.6 is 23.4 Å². The van der Waals surface area contributed by atoms with Crippen LogP contribution in [0, 0.1) is 0 Å². The maximum absolute atomic E-state index is 6.30.